The number of ether oxygens (including phenoxy) is 3. The van der Waals surface area contributed by atoms with Gasteiger partial charge in [0.2, 0.25) is 0 Å². The van der Waals surface area contributed by atoms with E-state index in [0.717, 1.165) is 25.0 Å². The van der Waals surface area contributed by atoms with Crippen molar-refractivity contribution in [3.8, 4) is 11.8 Å². The Morgan fingerprint density at radius 3 is 2.34 bits per heavy atom. The van der Waals surface area contributed by atoms with Crippen molar-refractivity contribution in [2.24, 2.45) is 5.92 Å². The van der Waals surface area contributed by atoms with Crippen molar-refractivity contribution in [2.75, 3.05) is 26.9 Å². The maximum Gasteiger partial charge on any atom is 0.183 e. The number of rotatable bonds is 5. The highest BCUT2D eigenvalue weighted by atomic mass is 19.2. The van der Waals surface area contributed by atoms with Crippen LogP contribution in [0.15, 0.2) is 48.5 Å². The molecule has 1 saturated heterocycles. The van der Waals surface area contributed by atoms with Crippen molar-refractivity contribution >= 4 is 10.8 Å². The van der Waals surface area contributed by atoms with Crippen LogP contribution in [0.3, 0.4) is 0 Å². The van der Waals surface area contributed by atoms with Crippen LogP contribution >= 0.6 is 0 Å². The highest BCUT2D eigenvalue weighted by molar-refractivity contribution is 5.84. The average molecular weight is 440 g/mol. The normalized spacial score (nSPS) is 18.4. The van der Waals surface area contributed by atoms with E-state index < -0.39 is 23.7 Å². The molecule has 0 atom stereocenters. The van der Waals surface area contributed by atoms with Crippen molar-refractivity contribution in [3.05, 3.63) is 82.7 Å². The van der Waals surface area contributed by atoms with Crippen LogP contribution in [0.2, 0.25) is 0 Å². The number of methoxy groups -OCH3 is 1. The minimum absolute atomic E-state index is 0.229. The van der Waals surface area contributed by atoms with Crippen molar-refractivity contribution < 1.29 is 27.4 Å². The molecule has 1 heterocycles. The molecule has 0 amide bonds. The second-order valence-corrected chi connectivity index (χ2v) is 7.82. The van der Waals surface area contributed by atoms with Crippen LogP contribution in [0.25, 0.3) is 10.8 Å². The summed E-state index contributed by atoms with van der Waals surface area (Å²) in [5, 5.41) is 1.09. The molecular formula is C26H23F3O3. The Balaban J connectivity index is 1.43. The van der Waals surface area contributed by atoms with Crippen LogP contribution in [-0.4, -0.2) is 26.9 Å². The third kappa shape index (κ3) is 5.31. The summed E-state index contributed by atoms with van der Waals surface area (Å²) < 4.78 is 58.0. The summed E-state index contributed by atoms with van der Waals surface area (Å²) >= 11 is 0. The summed E-state index contributed by atoms with van der Waals surface area (Å²) in [6.45, 7) is 1.83. The summed E-state index contributed by atoms with van der Waals surface area (Å²) in [5.74, 6) is 3.70. The predicted octanol–water partition coefficient (Wildman–Crippen LogP) is 5.75. The van der Waals surface area contributed by atoms with Gasteiger partial charge in [0.25, 0.3) is 0 Å². The molecule has 1 aliphatic rings. The molecule has 3 nitrogen and oxygen atoms in total. The molecule has 0 saturated carbocycles. The summed E-state index contributed by atoms with van der Waals surface area (Å²) in [6, 6.07) is 11.9. The van der Waals surface area contributed by atoms with Gasteiger partial charge in [0.05, 0.1) is 18.8 Å². The Morgan fingerprint density at radius 2 is 1.62 bits per heavy atom. The number of benzene rings is 3. The van der Waals surface area contributed by atoms with Crippen molar-refractivity contribution in [1.82, 2.24) is 0 Å². The zero-order chi connectivity index (χ0) is 22.5. The van der Waals surface area contributed by atoms with Crippen molar-refractivity contribution in [3.63, 3.8) is 0 Å². The fourth-order valence-electron chi connectivity index (χ4n) is 3.66. The van der Waals surface area contributed by atoms with E-state index in [-0.39, 0.29) is 5.56 Å². The van der Waals surface area contributed by atoms with E-state index in [4.69, 9.17) is 14.2 Å². The van der Waals surface area contributed by atoms with Gasteiger partial charge < -0.3 is 14.2 Å². The Bertz CT molecular complexity index is 1160. The topological polar surface area (TPSA) is 27.7 Å². The first-order chi connectivity index (χ1) is 15.5. The van der Waals surface area contributed by atoms with Crippen LogP contribution in [0.1, 0.15) is 35.8 Å². The fraction of sp³-hybridized carbons (Fsp3) is 0.308. The predicted molar refractivity (Wildman–Crippen MR) is 115 cm³/mol. The van der Waals surface area contributed by atoms with Gasteiger partial charge in [0.15, 0.2) is 17.9 Å². The Morgan fingerprint density at radius 1 is 0.875 bits per heavy atom. The fourth-order valence-corrected chi connectivity index (χ4v) is 3.66. The Kier molecular flexibility index (Phi) is 7.11. The lowest BCUT2D eigenvalue weighted by atomic mass is 10.0. The Hall–Kier alpha value is -2.85. The lowest BCUT2D eigenvalue weighted by Gasteiger charge is -2.29. The highest BCUT2D eigenvalue weighted by Crippen LogP contribution is 2.28. The van der Waals surface area contributed by atoms with Gasteiger partial charge in [-0.2, -0.15) is 0 Å². The van der Waals surface area contributed by atoms with Crippen molar-refractivity contribution in [1.29, 1.82) is 0 Å². The average Bonchev–Trinajstić information content (AvgIpc) is 2.80. The van der Waals surface area contributed by atoms with Gasteiger partial charge in [-0.25, -0.2) is 13.2 Å². The van der Waals surface area contributed by atoms with Gasteiger partial charge >= 0.3 is 0 Å². The lowest BCUT2D eigenvalue weighted by Crippen LogP contribution is -2.27. The molecule has 3 aromatic rings. The first-order valence-electron chi connectivity index (χ1n) is 10.5. The van der Waals surface area contributed by atoms with E-state index in [0.29, 0.717) is 47.6 Å². The van der Waals surface area contributed by atoms with E-state index in [2.05, 4.69) is 11.8 Å². The third-order valence-corrected chi connectivity index (χ3v) is 5.41. The van der Waals surface area contributed by atoms with Gasteiger partial charge in [0, 0.05) is 30.8 Å². The van der Waals surface area contributed by atoms with Crippen LogP contribution < -0.4 is 0 Å². The van der Waals surface area contributed by atoms with E-state index in [1.165, 1.54) is 6.07 Å². The SMILES string of the molecule is COCCCC1COC(c2ccc(C#Cc3ccc4cc(F)c(F)cc4c3)c(F)c2)OC1. The molecule has 4 rings (SSSR count). The first kappa shape index (κ1) is 22.3. The van der Waals surface area contributed by atoms with Crippen LogP contribution in [0.5, 0.6) is 0 Å². The zero-order valence-corrected chi connectivity index (χ0v) is 17.7. The molecule has 0 radical (unpaired) electrons. The molecule has 3 aromatic carbocycles. The summed E-state index contributed by atoms with van der Waals surface area (Å²) in [4.78, 5) is 0. The van der Waals surface area contributed by atoms with E-state index >= 15 is 0 Å². The minimum Gasteiger partial charge on any atom is -0.385 e. The summed E-state index contributed by atoms with van der Waals surface area (Å²) in [5.41, 5.74) is 1.41. The lowest BCUT2D eigenvalue weighted by molar-refractivity contribution is -0.206. The molecule has 0 N–H and O–H groups in total. The number of hydrogen-bond donors (Lipinski definition) is 0. The second kappa shape index (κ2) is 10.2. The van der Waals surface area contributed by atoms with E-state index in [1.54, 1.807) is 37.4 Å². The standard InChI is InChI=1S/C26H23F3O3/c1-30-10-2-3-18-15-31-26(32-16-18)21-9-8-19(23(27)13-21)6-4-17-5-7-20-12-24(28)25(29)14-22(20)11-17/h5,7-9,11-14,18,26H,2-3,10,15-16H2,1H3. The molecule has 166 valence electrons. The number of halogens is 3. The molecule has 0 aliphatic carbocycles. The van der Waals surface area contributed by atoms with Crippen LogP contribution in [0.4, 0.5) is 13.2 Å². The summed E-state index contributed by atoms with van der Waals surface area (Å²) in [6.07, 6.45) is 1.31. The monoisotopic (exact) mass is 440 g/mol. The quantitative estimate of drug-likeness (QED) is 0.374. The molecule has 6 heteroatoms. The molecule has 0 bridgehead atoms. The number of fused-ring (bicyclic) bond motifs is 1. The molecule has 0 unspecified atom stereocenters. The molecule has 1 fully saturated rings. The minimum atomic E-state index is -0.919. The van der Waals surface area contributed by atoms with Gasteiger partial charge in [-0.15, -0.1) is 0 Å². The maximum atomic E-state index is 14.6. The van der Waals surface area contributed by atoms with Crippen molar-refractivity contribution in [2.45, 2.75) is 19.1 Å². The molecule has 1 aliphatic heterocycles. The van der Waals surface area contributed by atoms with Crippen LogP contribution in [0, 0.1) is 35.2 Å². The molecule has 32 heavy (non-hydrogen) atoms. The van der Waals surface area contributed by atoms with Gasteiger partial charge in [-0.1, -0.05) is 24.0 Å². The van der Waals surface area contributed by atoms with Gasteiger partial charge in [-0.05, 0) is 60.0 Å². The third-order valence-electron chi connectivity index (χ3n) is 5.41. The second-order valence-electron chi connectivity index (χ2n) is 7.82. The molecular weight excluding hydrogens is 417 g/mol. The number of hydrogen-bond acceptors (Lipinski definition) is 3. The largest absolute Gasteiger partial charge is 0.385 e. The highest BCUT2D eigenvalue weighted by Gasteiger charge is 2.24. The first-order valence-corrected chi connectivity index (χ1v) is 10.5. The molecule has 0 spiro atoms. The van der Waals surface area contributed by atoms with Gasteiger partial charge in [0.1, 0.15) is 5.82 Å². The Labute approximate surface area is 185 Å². The van der Waals surface area contributed by atoms with Gasteiger partial charge in [-0.3, -0.25) is 0 Å². The smallest absolute Gasteiger partial charge is 0.183 e. The zero-order valence-electron chi connectivity index (χ0n) is 17.7. The maximum absolute atomic E-state index is 14.6. The van der Waals surface area contributed by atoms with E-state index in [9.17, 15) is 13.2 Å². The van der Waals surface area contributed by atoms with E-state index in [1.807, 2.05) is 0 Å². The summed E-state index contributed by atoms with van der Waals surface area (Å²) in [7, 11) is 1.68. The molecule has 0 aromatic heterocycles. The van der Waals surface area contributed by atoms with Crippen LogP contribution in [-0.2, 0) is 14.2 Å².